The van der Waals surface area contributed by atoms with Crippen LogP contribution in [0.3, 0.4) is 0 Å². The molecule has 0 radical (unpaired) electrons. The summed E-state index contributed by atoms with van der Waals surface area (Å²) in [6.45, 7) is 0. The van der Waals surface area contributed by atoms with E-state index in [1.807, 2.05) is 0 Å². The number of esters is 1. The van der Waals surface area contributed by atoms with E-state index in [1.165, 1.54) is 31.4 Å². The van der Waals surface area contributed by atoms with Crippen molar-refractivity contribution in [2.24, 2.45) is 0 Å². The van der Waals surface area contributed by atoms with Gasteiger partial charge in [0.1, 0.15) is 5.75 Å². The van der Waals surface area contributed by atoms with Gasteiger partial charge in [-0.2, -0.15) is 0 Å². The molecule has 0 spiro atoms. The van der Waals surface area contributed by atoms with E-state index in [9.17, 15) is 9.59 Å². The average Bonchev–Trinajstić information content (AvgIpc) is 2.52. The summed E-state index contributed by atoms with van der Waals surface area (Å²) in [6, 6.07) is 7.57. The van der Waals surface area contributed by atoms with Gasteiger partial charge in [0.15, 0.2) is 17.2 Å². The average molecular weight is 459 g/mol. The first kappa shape index (κ1) is 28.6. The fourth-order valence-electron chi connectivity index (χ4n) is 1.44. The fraction of sp³-hybridized carbons (Fsp3) is 0.0667. The Hall–Kier alpha value is -2.22. The van der Waals surface area contributed by atoms with E-state index in [-0.39, 0.29) is 55.6 Å². The van der Waals surface area contributed by atoms with Crippen LogP contribution in [-0.2, 0) is 24.2 Å². The molecule has 0 aromatic heterocycles. The molecular formula is C15H14Cl2O8Zn. The number of carboxylic acid groups (broad SMARTS) is 1. The third-order valence-electron chi connectivity index (χ3n) is 2.61. The molecule has 0 unspecified atom stereocenters. The third kappa shape index (κ3) is 8.24. The molecule has 0 atom stereocenters. The molecule has 2 rings (SSSR count). The van der Waals surface area contributed by atoms with E-state index in [2.05, 4.69) is 4.74 Å². The Bertz CT molecular complexity index is 699. The van der Waals surface area contributed by atoms with Gasteiger partial charge in [-0.1, -0.05) is 0 Å². The molecule has 0 aliphatic heterocycles. The van der Waals surface area contributed by atoms with E-state index >= 15 is 0 Å². The summed E-state index contributed by atoms with van der Waals surface area (Å²) >= 11 is 0. The van der Waals surface area contributed by atoms with E-state index in [1.54, 1.807) is 0 Å². The Morgan fingerprint density at radius 2 is 1.27 bits per heavy atom. The molecule has 0 heterocycles. The van der Waals surface area contributed by atoms with E-state index in [4.69, 9.17) is 25.5 Å². The van der Waals surface area contributed by atoms with Crippen molar-refractivity contribution in [2.75, 3.05) is 7.11 Å². The van der Waals surface area contributed by atoms with Crippen LogP contribution in [0, 0.1) is 0 Å². The van der Waals surface area contributed by atoms with Crippen molar-refractivity contribution in [3.8, 4) is 23.0 Å². The van der Waals surface area contributed by atoms with Crippen LogP contribution in [0.2, 0.25) is 0 Å². The van der Waals surface area contributed by atoms with Gasteiger partial charge in [0.05, 0.1) is 18.2 Å². The Morgan fingerprint density at radius 3 is 1.62 bits per heavy atom. The molecule has 8 nitrogen and oxygen atoms in total. The predicted molar refractivity (Wildman–Crippen MR) is 77.8 cm³/mol. The molecule has 2 aromatic rings. The maximum absolute atomic E-state index is 10.8. The van der Waals surface area contributed by atoms with Crippen molar-refractivity contribution in [2.45, 2.75) is 0 Å². The van der Waals surface area contributed by atoms with E-state index < -0.39 is 29.2 Å². The number of hydrogen-bond acceptors (Lipinski definition) is 7. The molecule has 0 aliphatic carbocycles. The van der Waals surface area contributed by atoms with E-state index in [0.29, 0.717) is 5.56 Å². The minimum absolute atomic E-state index is 0. The molecule has 0 saturated carbocycles. The van der Waals surface area contributed by atoms with Crippen LogP contribution >= 0.6 is 0 Å². The number of carbonyl (C=O) groups is 2. The second kappa shape index (κ2) is 13.0. The number of phenols is 4. The second-order valence-electron chi connectivity index (χ2n) is 4.21. The van der Waals surface area contributed by atoms with Crippen molar-refractivity contribution in [1.82, 2.24) is 0 Å². The number of benzene rings is 2. The van der Waals surface area contributed by atoms with Crippen LogP contribution in [0.4, 0.5) is 0 Å². The number of methoxy groups -OCH3 is 1. The van der Waals surface area contributed by atoms with Crippen LogP contribution in [0.15, 0.2) is 36.4 Å². The van der Waals surface area contributed by atoms with Gasteiger partial charge in [-0.25, -0.2) is 9.59 Å². The van der Waals surface area contributed by atoms with Gasteiger partial charge in [-0.05, 0) is 36.4 Å². The number of halogens is 2. The number of phenolic OH excluding ortho intramolecular Hbond substituents is 4. The minimum Gasteiger partial charge on any atom is -1.00 e. The number of rotatable bonds is 2. The first-order valence-corrected chi connectivity index (χ1v) is 6.11. The second-order valence-corrected chi connectivity index (χ2v) is 4.21. The molecule has 0 amide bonds. The topological polar surface area (TPSA) is 145 Å². The minimum atomic E-state index is -1.29. The van der Waals surface area contributed by atoms with Gasteiger partial charge >= 0.3 is 31.4 Å². The standard InChI is InChI=1S/C8H8O3.C7H6O5.2ClH.Zn/c1-11-8(10)6-2-4-7(9)5-3-6;8-4-1-3(7(11)12)2-5(9)6(4)10;;;/h2-5,9H,1H3;1-2,8-10H,(H,11,12);2*1H;/q;;;;+2/p-2. The molecule has 0 bridgehead atoms. The Labute approximate surface area is 173 Å². The zero-order valence-electron chi connectivity index (χ0n) is 13.4. The third-order valence-corrected chi connectivity index (χ3v) is 2.61. The summed E-state index contributed by atoms with van der Waals surface area (Å²) in [5, 5.41) is 43.8. The van der Waals surface area contributed by atoms with Crippen molar-refractivity contribution >= 4 is 11.9 Å². The SMILES string of the molecule is COC(=O)c1ccc(O)cc1.O=C(O)c1cc(O)c(O)c(O)c1.[Cl-].[Cl-].[Zn+2]. The van der Waals surface area contributed by atoms with Crippen LogP contribution in [0.5, 0.6) is 23.0 Å². The summed E-state index contributed by atoms with van der Waals surface area (Å²) in [4.78, 5) is 21.1. The maximum atomic E-state index is 10.8. The summed E-state index contributed by atoms with van der Waals surface area (Å²) in [5.41, 5.74) is 0.146. The number of carbonyl (C=O) groups excluding carboxylic acids is 1. The van der Waals surface area contributed by atoms with Gasteiger partial charge < -0.3 is 55.1 Å². The number of ether oxygens (including phenoxy) is 1. The van der Waals surface area contributed by atoms with Gasteiger partial charge in [0.2, 0.25) is 0 Å². The smallest absolute Gasteiger partial charge is 1.00 e. The van der Waals surface area contributed by atoms with Crippen molar-refractivity contribution < 1.29 is 84.2 Å². The van der Waals surface area contributed by atoms with Crippen LogP contribution in [0.25, 0.3) is 0 Å². The molecule has 11 heteroatoms. The molecule has 0 saturated heterocycles. The van der Waals surface area contributed by atoms with E-state index in [0.717, 1.165) is 12.1 Å². The Morgan fingerprint density at radius 1 is 0.846 bits per heavy atom. The molecule has 138 valence electrons. The quantitative estimate of drug-likeness (QED) is 0.173. The molecule has 5 N–H and O–H groups in total. The van der Waals surface area contributed by atoms with Crippen molar-refractivity contribution in [3.05, 3.63) is 47.5 Å². The first-order chi connectivity index (χ1) is 10.8. The largest absolute Gasteiger partial charge is 2.00 e. The Kier molecular flexibility index (Phi) is 14.3. The number of hydrogen-bond donors (Lipinski definition) is 5. The monoisotopic (exact) mass is 456 g/mol. The van der Waals surface area contributed by atoms with Gasteiger partial charge in [0, 0.05) is 0 Å². The summed E-state index contributed by atoms with van der Waals surface area (Å²) in [7, 11) is 1.31. The first-order valence-electron chi connectivity index (χ1n) is 6.11. The molecular weight excluding hydrogens is 444 g/mol. The van der Waals surface area contributed by atoms with Crippen LogP contribution < -0.4 is 24.8 Å². The number of aromatic hydroxyl groups is 4. The van der Waals surface area contributed by atoms with Crippen molar-refractivity contribution in [1.29, 1.82) is 0 Å². The van der Waals surface area contributed by atoms with Crippen molar-refractivity contribution in [3.63, 3.8) is 0 Å². The fourth-order valence-corrected chi connectivity index (χ4v) is 1.44. The van der Waals surface area contributed by atoms with Gasteiger partial charge in [-0.3, -0.25) is 0 Å². The zero-order chi connectivity index (χ0) is 17.6. The van der Waals surface area contributed by atoms with Gasteiger partial charge in [0.25, 0.3) is 0 Å². The Balaban J connectivity index is -0.000000366. The predicted octanol–water partition coefficient (Wildman–Crippen LogP) is -4.31. The summed E-state index contributed by atoms with van der Waals surface area (Å²) in [6.07, 6.45) is 0. The molecule has 2 aromatic carbocycles. The molecule has 26 heavy (non-hydrogen) atoms. The molecule has 0 fully saturated rings. The van der Waals surface area contributed by atoms with Crippen LogP contribution in [0.1, 0.15) is 20.7 Å². The number of carboxylic acids is 1. The normalized spacial score (nSPS) is 8.35. The zero-order valence-corrected chi connectivity index (χ0v) is 17.9. The molecule has 0 aliphatic rings. The number of aromatic carboxylic acids is 1. The maximum Gasteiger partial charge on any atom is 2.00 e. The van der Waals surface area contributed by atoms with Crippen LogP contribution in [-0.4, -0.2) is 44.6 Å². The summed E-state index contributed by atoms with van der Waals surface area (Å²) in [5.74, 6) is -3.59. The summed E-state index contributed by atoms with van der Waals surface area (Å²) < 4.78 is 4.46. The van der Waals surface area contributed by atoms with Gasteiger partial charge in [-0.15, -0.1) is 0 Å².